The van der Waals surface area contributed by atoms with Gasteiger partial charge in [-0.15, -0.1) is 0 Å². The van der Waals surface area contributed by atoms with Gasteiger partial charge in [0.05, 0.1) is 24.5 Å². The first-order valence-electron chi connectivity index (χ1n) is 5.50. The second kappa shape index (κ2) is 4.43. The van der Waals surface area contributed by atoms with E-state index in [1.165, 1.54) is 23.2 Å². The van der Waals surface area contributed by atoms with E-state index >= 15 is 0 Å². The lowest BCUT2D eigenvalue weighted by molar-refractivity contribution is 0.695. The van der Waals surface area contributed by atoms with Crippen molar-refractivity contribution in [1.82, 2.24) is 29.3 Å². The molecule has 7 nitrogen and oxygen atoms in total. The normalized spacial score (nSPS) is 11.1. The highest BCUT2D eigenvalue weighted by molar-refractivity contribution is 6.33. The van der Waals surface area contributed by atoms with Crippen LogP contribution in [0.5, 0.6) is 0 Å². The van der Waals surface area contributed by atoms with Gasteiger partial charge in [-0.05, 0) is 0 Å². The molecule has 0 aliphatic rings. The molecular formula is C11H9ClN6O. The second-order valence-electron chi connectivity index (χ2n) is 3.98. The average molecular weight is 277 g/mol. The van der Waals surface area contributed by atoms with E-state index in [0.29, 0.717) is 22.0 Å². The number of halogens is 1. The van der Waals surface area contributed by atoms with Crippen LogP contribution in [0.3, 0.4) is 0 Å². The molecule has 0 bridgehead atoms. The van der Waals surface area contributed by atoms with Crippen molar-refractivity contribution >= 4 is 22.6 Å². The van der Waals surface area contributed by atoms with Crippen molar-refractivity contribution in [3.63, 3.8) is 0 Å². The topological polar surface area (TPSA) is 78.5 Å². The maximum Gasteiger partial charge on any atom is 0.253 e. The number of hydrogen-bond acceptors (Lipinski definition) is 5. The summed E-state index contributed by atoms with van der Waals surface area (Å²) in [5.74, 6) is 0.441. The molecule has 0 N–H and O–H groups in total. The molecule has 0 fully saturated rings. The maximum atomic E-state index is 11.6. The molecule has 0 aromatic carbocycles. The number of fused-ring (bicyclic) bond motifs is 1. The Morgan fingerprint density at radius 1 is 1.37 bits per heavy atom. The van der Waals surface area contributed by atoms with E-state index in [2.05, 4.69) is 20.1 Å². The van der Waals surface area contributed by atoms with Gasteiger partial charge in [0, 0.05) is 19.3 Å². The van der Waals surface area contributed by atoms with Crippen LogP contribution in [-0.2, 0) is 13.6 Å². The van der Waals surface area contributed by atoms with Gasteiger partial charge < -0.3 is 0 Å². The van der Waals surface area contributed by atoms with Gasteiger partial charge in [-0.3, -0.25) is 14.0 Å². The van der Waals surface area contributed by atoms with Crippen molar-refractivity contribution in [2.24, 2.45) is 7.05 Å². The lowest BCUT2D eigenvalue weighted by Crippen LogP contribution is -2.20. The molecule has 0 aliphatic heterocycles. The number of hydrogen-bond donors (Lipinski definition) is 0. The number of aryl methyl sites for hydroxylation is 1. The van der Waals surface area contributed by atoms with Gasteiger partial charge >= 0.3 is 0 Å². The van der Waals surface area contributed by atoms with Crippen LogP contribution in [0.4, 0.5) is 0 Å². The summed E-state index contributed by atoms with van der Waals surface area (Å²) in [6, 6.07) is 1.38. The fraction of sp³-hybridized carbons (Fsp3) is 0.182. The van der Waals surface area contributed by atoms with Crippen LogP contribution in [0.25, 0.3) is 11.0 Å². The SMILES string of the molecule is Cn1ncc2c(Cl)nc(Cn3cnccc3=O)nc21. The highest BCUT2D eigenvalue weighted by atomic mass is 35.5. The summed E-state index contributed by atoms with van der Waals surface area (Å²) in [6.07, 6.45) is 4.49. The summed E-state index contributed by atoms with van der Waals surface area (Å²) in [5.41, 5.74) is 0.465. The predicted molar refractivity (Wildman–Crippen MR) is 68.9 cm³/mol. The van der Waals surface area contributed by atoms with Gasteiger partial charge in [-0.2, -0.15) is 5.10 Å². The minimum atomic E-state index is -0.167. The summed E-state index contributed by atoms with van der Waals surface area (Å²) in [5, 5.41) is 5.08. The molecular weight excluding hydrogens is 268 g/mol. The van der Waals surface area contributed by atoms with E-state index in [1.54, 1.807) is 17.9 Å². The average Bonchev–Trinajstić information content (AvgIpc) is 2.75. The van der Waals surface area contributed by atoms with Crippen molar-refractivity contribution in [3.8, 4) is 0 Å². The van der Waals surface area contributed by atoms with Crippen molar-refractivity contribution in [2.45, 2.75) is 6.54 Å². The smallest absolute Gasteiger partial charge is 0.253 e. The number of aromatic nitrogens is 6. The molecule has 3 rings (SSSR count). The Hall–Kier alpha value is -2.28. The van der Waals surface area contributed by atoms with Crippen LogP contribution >= 0.6 is 11.6 Å². The predicted octanol–water partition coefficient (Wildman–Crippen LogP) is 0.622. The van der Waals surface area contributed by atoms with Gasteiger partial charge in [0.25, 0.3) is 5.56 Å². The van der Waals surface area contributed by atoms with Gasteiger partial charge in [0.2, 0.25) is 0 Å². The van der Waals surface area contributed by atoms with Gasteiger partial charge in [0.1, 0.15) is 5.15 Å². The van der Waals surface area contributed by atoms with Crippen molar-refractivity contribution in [3.05, 3.63) is 46.1 Å². The third-order valence-corrected chi connectivity index (χ3v) is 2.98. The molecule has 0 saturated heterocycles. The van der Waals surface area contributed by atoms with E-state index in [0.717, 1.165) is 0 Å². The van der Waals surface area contributed by atoms with Crippen LogP contribution < -0.4 is 5.56 Å². The first-order chi connectivity index (χ1) is 9.15. The Bertz CT molecular complexity index is 808. The summed E-state index contributed by atoms with van der Waals surface area (Å²) in [4.78, 5) is 24.0. The molecule has 96 valence electrons. The van der Waals surface area contributed by atoms with Gasteiger partial charge in [0.15, 0.2) is 11.5 Å². The molecule has 0 saturated carbocycles. The first kappa shape index (κ1) is 11.8. The summed E-state index contributed by atoms with van der Waals surface area (Å²) < 4.78 is 3.02. The molecule has 0 amide bonds. The standard InChI is InChI=1S/C11H9ClN6O/c1-17-11-7(4-14-17)10(12)15-8(16-11)5-18-6-13-3-2-9(18)19/h2-4,6H,5H2,1H3. The van der Waals surface area contributed by atoms with Crippen LogP contribution in [0, 0.1) is 0 Å². The highest BCUT2D eigenvalue weighted by Crippen LogP contribution is 2.19. The summed E-state index contributed by atoms with van der Waals surface area (Å²) in [7, 11) is 1.77. The molecule has 0 radical (unpaired) electrons. The van der Waals surface area contributed by atoms with E-state index in [-0.39, 0.29) is 12.1 Å². The van der Waals surface area contributed by atoms with E-state index in [9.17, 15) is 4.79 Å². The zero-order valence-corrected chi connectivity index (χ0v) is 10.7. The zero-order valence-electron chi connectivity index (χ0n) is 9.99. The summed E-state index contributed by atoms with van der Waals surface area (Å²) in [6.45, 7) is 0.216. The molecule has 19 heavy (non-hydrogen) atoms. The quantitative estimate of drug-likeness (QED) is 0.641. The highest BCUT2D eigenvalue weighted by Gasteiger charge is 2.10. The van der Waals surface area contributed by atoms with Crippen LogP contribution in [0.15, 0.2) is 29.6 Å². The largest absolute Gasteiger partial charge is 0.292 e. The molecule has 3 heterocycles. The van der Waals surface area contributed by atoms with Crippen molar-refractivity contribution in [1.29, 1.82) is 0 Å². The number of rotatable bonds is 2. The van der Waals surface area contributed by atoms with Crippen LogP contribution in [-0.4, -0.2) is 29.3 Å². The van der Waals surface area contributed by atoms with Crippen molar-refractivity contribution < 1.29 is 0 Å². The molecule has 8 heteroatoms. The summed E-state index contributed by atoms with van der Waals surface area (Å²) >= 11 is 6.07. The Kier molecular flexibility index (Phi) is 2.75. The second-order valence-corrected chi connectivity index (χ2v) is 4.34. The zero-order chi connectivity index (χ0) is 13.4. The third kappa shape index (κ3) is 2.08. The molecule has 3 aromatic rings. The molecule has 0 atom stereocenters. The molecule has 0 spiro atoms. The minimum absolute atomic E-state index is 0.167. The Balaban J connectivity index is 2.09. The van der Waals surface area contributed by atoms with Crippen LogP contribution in [0.2, 0.25) is 5.15 Å². The van der Waals surface area contributed by atoms with Crippen molar-refractivity contribution in [2.75, 3.05) is 0 Å². The van der Waals surface area contributed by atoms with E-state index in [1.807, 2.05) is 0 Å². The maximum absolute atomic E-state index is 11.6. The number of nitrogens with zero attached hydrogens (tertiary/aromatic N) is 6. The molecule has 0 aliphatic carbocycles. The lowest BCUT2D eigenvalue weighted by Gasteiger charge is -2.04. The third-order valence-electron chi connectivity index (χ3n) is 2.70. The monoisotopic (exact) mass is 276 g/mol. The fourth-order valence-electron chi connectivity index (χ4n) is 1.75. The molecule has 3 aromatic heterocycles. The lowest BCUT2D eigenvalue weighted by atomic mass is 10.4. The van der Waals surface area contributed by atoms with Crippen LogP contribution in [0.1, 0.15) is 5.82 Å². The molecule has 0 unspecified atom stereocenters. The Labute approximate surface area is 112 Å². The fourth-order valence-corrected chi connectivity index (χ4v) is 1.98. The van der Waals surface area contributed by atoms with Gasteiger partial charge in [-0.25, -0.2) is 15.0 Å². The minimum Gasteiger partial charge on any atom is -0.292 e. The van der Waals surface area contributed by atoms with E-state index in [4.69, 9.17) is 11.6 Å². The Morgan fingerprint density at radius 2 is 2.21 bits per heavy atom. The van der Waals surface area contributed by atoms with Gasteiger partial charge in [-0.1, -0.05) is 11.6 Å². The first-order valence-corrected chi connectivity index (χ1v) is 5.87. The Morgan fingerprint density at radius 3 is 3.00 bits per heavy atom. The van der Waals surface area contributed by atoms with E-state index < -0.39 is 0 Å².